The quantitative estimate of drug-likeness (QED) is 0.779. The molecule has 128 valence electrons. The van der Waals surface area contributed by atoms with Crippen LogP contribution in [0.15, 0.2) is 41.3 Å². The summed E-state index contributed by atoms with van der Waals surface area (Å²) in [7, 11) is 0.779. The molecule has 0 radical (unpaired) electrons. The SMILES string of the molecule is C=O.C=O.COC.COS(=O)(=O)c1cccc2c(C)cccc12. The van der Waals surface area contributed by atoms with Crippen molar-refractivity contribution in [2.75, 3.05) is 21.3 Å². The van der Waals surface area contributed by atoms with Crippen molar-refractivity contribution in [2.24, 2.45) is 0 Å². The van der Waals surface area contributed by atoms with Crippen LogP contribution < -0.4 is 0 Å². The minimum Gasteiger partial charge on any atom is -0.388 e. The number of hydrogen-bond donors (Lipinski definition) is 0. The number of ether oxygens (including phenoxy) is 1. The largest absolute Gasteiger partial charge is 0.388 e. The van der Waals surface area contributed by atoms with E-state index in [1.807, 2.05) is 38.7 Å². The van der Waals surface area contributed by atoms with Gasteiger partial charge >= 0.3 is 0 Å². The first kappa shape index (κ1) is 23.2. The molecule has 2 aromatic carbocycles. The molecule has 0 fully saturated rings. The fourth-order valence-corrected chi connectivity index (χ4v) is 2.62. The molecule has 0 aliphatic heterocycles. The van der Waals surface area contributed by atoms with Crippen LogP contribution in [-0.4, -0.2) is 43.3 Å². The molecule has 0 bridgehead atoms. The molecule has 7 heteroatoms. The van der Waals surface area contributed by atoms with Gasteiger partial charge in [0.15, 0.2) is 0 Å². The first-order valence-corrected chi connectivity index (χ1v) is 7.65. The molecule has 0 heterocycles. The number of carbonyl (C=O) groups excluding carboxylic acids is 2. The number of hydrogen-bond acceptors (Lipinski definition) is 6. The van der Waals surface area contributed by atoms with Crippen LogP contribution in [0, 0.1) is 6.92 Å². The van der Waals surface area contributed by atoms with Gasteiger partial charge < -0.3 is 14.3 Å². The van der Waals surface area contributed by atoms with E-state index < -0.39 is 10.1 Å². The fraction of sp³-hybridized carbons (Fsp3) is 0.250. The van der Waals surface area contributed by atoms with Gasteiger partial charge in [-0.3, -0.25) is 4.18 Å². The van der Waals surface area contributed by atoms with E-state index in [9.17, 15) is 8.42 Å². The van der Waals surface area contributed by atoms with Crippen LogP contribution in [0.25, 0.3) is 10.8 Å². The van der Waals surface area contributed by atoms with Crippen LogP contribution in [0.2, 0.25) is 0 Å². The number of methoxy groups -OCH3 is 1. The van der Waals surface area contributed by atoms with Gasteiger partial charge in [0.05, 0.1) is 7.11 Å². The summed E-state index contributed by atoms with van der Waals surface area (Å²) < 4.78 is 32.2. The number of aryl methyl sites for hydroxylation is 1. The second kappa shape index (κ2) is 12.5. The number of rotatable bonds is 2. The summed E-state index contributed by atoms with van der Waals surface area (Å²) in [6, 6.07) is 10.8. The zero-order valence-corrected chi connectivity index (χ0v) is 14.6. The van der Waals surface area contributed by atoms with Gasteiger partial charge in [-0.05, 0) is 23.9 Å². The lowest BCUT2D eigenvalue weighted by Gasteiger charge is -2.07. The van der Waals surface area contributed by atoms with Crippen molar-refractivity contribution in [3.63, 3.8) is 0 Å². The second-order valence-corrected chi connectivity index (χ2v) is 5.64. The minimum atomic E-state index is -3.64. The molecule has 23 heavy (non-hydrogen) atoms. The zero-order valence-electron chi connectivity index (χ0n) is 13.7. The molecule has 0 spiro atoms. The summed E-state index contributed by atoms with van der Waals surface area (Å²) in [5.74, 6) is 0. The van der Waals surface area contributed by atoms with Crippen molar-refractivity contribution < 1.29 is 26.9 Å². The minimum absolute atomic E-state index is 0.219. The van der Waals surface area contributed by atoms with Crippen LogP contribution in [0.1, 0.15) is 5.56 Å². The Morgan fingerprint density at radius 2 is 1.26 bits per heavy atom. The molecular formula is C16H22O6S. The first-order valence-electron chi connectivity index (χ1n) is 6.24. The van der Waals surface area contributed by atoms with Crippen molar-refractivity contribution in [3.8, 4) is 0 Å². The average Bonchev–Trinajstić information content (AvgIpc) is 2.59. The predicted octanol–water partition coefficient (Wildman–Crippen LogP) is 2.38. The van der Waals surface area contributed by atoms with Gasteiger partial charge in [0.1, 0.15) is 18.5 Å². The predicted molar refractivity (Wildman–Crippen MR) is 90.1 cm³/mol. The molecule has 6 nitrogen and oxygen atoms in total. The van der Waals surface area contributed by atoms with Crippen LogP contribution >= 0.6 is 0 Å². The summed E-state index contributed by atoms with van der Waals surface area (Å²) in [5.41, 5.74) is 1.05. The van der Waals surface area contributed by atoms with Crippen molar-refractivity contribution in [1.82, 2.24) is 0 Å². The Balaban J connectivity index is 0. The lowest BCUT2D eigenvalue weighted by atomic mass is 10.1. The van der Waals surface area contributed by atoms with E-state index in [0.717, 1.165) is 10.9 Å². The summed E-state index contributed by atoms with van der Waals surface area (Å²) in [6.45, 7) is 5.95. The first-order chi connectivity index (χ1) is 11.0. The highest BCUT2D eigenvalue weighted by molar-refractivity contribution is 7.87. The van der Waals surface area contributed by atoms with Crippen LogP contribution in [0.3, 0.4) is 0 Å². The molecule has 0 saturated heterocycles. The topological polar surface area (TPSA) is 86.7 Å². The Morgan fingerprint density at radius 3 is 1.74 bits per heavy atom. The molecule has 0 amide bonds. The molecule has 0 aromatic heterocycles. The Kier molecular flexibility index (Phi) is 12.6. The van der Waals surface area contributed by atoms with Crippen LogP contribution in [0.5, 0.6) is 0 Å². The van der Waals surface area contributed by atoms with Gasteiger partial charge in [0, 0.05) is 19.6 Å². The second-order valence-electron chi connectivity index (χ2n) is 3.96. The fourth-order valence-electron chi connectivity index (χ4n) is 1.75. The maximum absolute atomic E-state index is 11.7. The zero-order chi connectivity index (χ0) is 18.5. The van der Waals surface area contributed by atoms with Crippen LogP contribution in [-0.2, 0) is 28.6 Å². The molecule has 0 atom stereocenters. The molecule has 0 unspecified atom stereocenters. The third-order valence-corrected chi connectivity index (χ3v) is 3.92. The maximum Gasteiger partial charge on any atom is 0.297 e. The smallest absolute Gasteiger partial charge is 0.297 e. The third-order valence-electron chi connectivity index (χ3n) is 2.59. The van der Waals surface area contributed by atoms with Gasteiger partial charge in [-0.2, -0.15) is 8.42 Å². The van der Waals surface area contributed by atoms with Crippen molar-refractivity contribution in [2.45, 2.75) is 11.8 Å². The van der Waals surface area contributed by atoms with E-state index in [0.29, 0.717) is 5.39 Å². The van der Waals surface area contributed by atoms with Gasteiger partial charge in [-0.25, -0.2) is 0 Å². The molecule has 0 N–H and O–H groups in total. The Labute approximate surface area is 137 Å². The standard InChI is InChI=1S/C12H12O3S.C2H6O.2CH2O/c1-9-5-3-7-11-10(9)6-4-8-12(11)16(13,14)15-2;1-3-2;2*1-2/h3-8H,1-2H3;1-2H3;2*1H2. The maximum atomic E-state index is 11.7. The van der Waals surface area contributed by atoms with E-state index in [2.05, 4.69) is 8.92 Å². The van der Waals surface area contributed by atoms with Gasteiger partial charge in [0.2, 0.25) is 0 Å². The Hall–Kier alpha value is -2.09. The van der Waals surface area contributed by atoms with Gasteiger partial charge in [-0.15, -0.1) is 0 Å². The number of benzene rings is 2. The summed E-state index contributed by atoms with van der Waals surface area (Å²) >= 11 is 0. The lowest BCUT2D eigenvalue weighted by molar-refractivity contribution is -0.0987. The number of carbonyl (C=O) groups is 2. The summed E-state index contributed by atoms with van der Waals surface area (Å²) in [6.07, 6.45) is 0. The van der Waals surface area contributed by atoms with Crippen molar-refractivity contribution in [3.05, 3.63) is 42.0 Å². The Bertz CT molecular complexity index is 680. The molecule has 0 aliphatic carbocycles. The highest BCUT2D eigenvalue weighted by Gasteiger charge is 2.16. The van der Waals surface area contributed by atoms with Gasteiger partial charge in [0.25, 0.3) is 10.1 Å². The van der Waals surface area contributed by atoms with E-state index >= 15 is 0 Å². The highest BCUT2D eigenvalue weighted by Crippen LogP contribution is 2.26. The Morgan fingerprint density at radius 1 is 0.826 bits per heavy atom. The third kappa shape index (κ3) is 6.68. The lowest BCUT2D eigenvalue weighted by Crippen LogP contribution is -2.03. The van der Waals surface area contributed by atoms with E-state index in [1.165, 1.54) is 7.11 Å². The van der Waals surface area contributed by atoms with E-state index in [1.54, 1.807) is 32.4 Å². The summed E-state index contributed by atoms with van der Waals surface area (Å²) in [4.78, 5) is 16.2. The van der Waals surface area contributed by atoms with Crippen LogP contribution in [0.4, 0.5) is 0 Å². The number of fused-ring (bicyclic) bond motifs is 1. The molecule has 0 aliphatic rings. The van der Waals surface area contributed by atoms with Crippen molar-refractivity contribution in [1.29, 1.82) is 0 Å². The molecule has 2 aromatic rings. The highest BCUT2D eigenvalue weighted by atomic mass is 32.2. The molecule has 0 saturated carbocycles. The van der Waals surface area contributed by atoms with Crippen molar-refractivity contribution >= 4 is 34.5 Å². The average molecular weight is 342 g/mol. The monoisotopic (exact) mass is 342 g/mol. The normalized spacial score (nSPS) is 9.39. The van der Waals surface area contributed by atoms with E-state index in [4.69, 9.17) is 9.59 Å². The molecule has 2 rings (SSSR count). The summed E-state index contributed by atoms with van der Waals surface area (Å²) in [5, 5.41) is 1.63. The van der Waals surface area contributed by atoms with E-state index in [-0.39, 0.29) is 4.90 Å². The molecular weight excluding hydrogens is 320 g/mol. The van der Waals surface area contributed by atoms with Gasteiger partial charge in [-0.1, -0.05) is 30.3 Å².